The van der Waals surface area contributed by atoms with Crippen molar-refractivity contribution in [1.82, 2.24) is 19.5 Å². The van der Waals surface area contributed by atoms with Crippen LogP contribution >= 0.6 is 11.6 Å². The molecule has 1 fully saturated rings. The van der Waals surface area contributed by atoms with Crippen LogP contribution in [0.3, 0.4) is 0 Å². The molecule has 1 aliphatic rings. The first-order valence-corrected chi connectivity index (χ1v) is 6.48. The summed E-state index contributed by atoms with van der Waals surface area (Å²) in [6.45, 7) is -0.245. The Morgan fingerprint density at radius 3 is 3.14 bits per heavy atom. The second kappa shape index (κ2) is 5.34. The molecule has 21 heavy (non-hydrogen) atoms. The fourth-order valence-electron chi connectivity index (χ4n) is 2.36. The molecular formula is C10H11ClN8O2. The molecule has 3 rings (SSSR count). The van der Waals surface area contributed by atoms with Gasteiger partial charge < -0.3 is 15.6 Å². The Balaban J connectivity index is 2.00. The van der Waals surface area contributed by atoms with Crippen molar-refractivity contribution >= 4 is 28.6 Å². The molecule has 0 radical (unpaired) electrons. The lowest BCUT2D eigenvalue weighted by molar-refractivity contribution is -0.0232. The van der Waals surface area contributed by atoms with Crippen molar-refractivity contribution < 1.29 is 9.84 Å². The van der Waals surface area contributed by atoms with Crippen molar-refractivity contribution in [3.8, 4) is 0 Å². The molecule has 110 valence electrons. The minimum atomic E-state index is -0.571. The highest BCUT2D eigenvalue weighted by molar-refractivity contribution is 6.28. The minimum absolute atomic E-state index is 0.00468. The van der Waals surface area contributed by atoms with Gasteiger partial charge in [-0.25, -0.2) is 4.98 Å². The maximum atomic E-state index is 9.28. The number of imidazole rings is 1. The fourth-order valence-corrected chi connectivity index (χ4v) is 2.53. The van der Waals surface area contributed by atoms with Crippen LogP contribution in [0.15, 0.2) is 11.4 Å². The lowest BCUT2D eigenvalue weighted by Crippen LogP contribution is -2.22. The predicted octanol–water partition coefficient (Wildman–Crippen LogP) is 1.02. The van der Waals surface area contributed by atoms with Crippen molar-refractivity contribution in [1.29, 1.82) is 0 Å². The summed E-state index contributed by atoms with van der Waals surface area (Å²) in [5.41, 5.74) is 15.1. The lowest BCUT2D eigenvalue weighted by Gasteiger charge is -2.13. The average molecular weight is 311 g/mol. The van der Waals surface area contributed by atoms with Crippen LogP contribution in [-0.2, 0) is 4.74 Å². The summed E-state index contributed by atoms with van der Waals surface area (Å²) in [4.78, 5) is 14.8. The molecule has 11 heteroatoms. The van der Waals surface area contributed by atoms with Crippen LogP contribution in [-0.4, -0.2) is 43.4 Å². The summed E-state index contributed by atoms with van der Waals surface area (Å²) in [6, 6.07) is -0.461. The third-order valence-electron chi connectivity index (χ3n) is 3.32. The number of nitrogens with two attached hydrogens (primary N) is 1. The van der Waals surface area contributed by atoms with Crippen LogP contribution in [0.2, 0.25) is 5.28 Å². The third kappa shape index (κ3) is 2.34. The van der Waals surface area contributed by atoms with Gasteiger partial charge in [-0.2, -0.15) is 9.97 Å². The van der Waals surface area contributed by atoms with E-state index in [0.29, 0.717) is 17.6 Å². The van der Waals surface area contributed by atoms with Crippen LogP contribution in [0.5, 0.6) is 0 Å². The maximum Gasteiger partial charge on any atom is 0.226 e. The van der Waals surface area contributed by atoms with Gasteiger partial charge in [-0.05, 0) is 17.1 Å². The van der Waals surface area contributed by atoms with E-state index in [0.717, 1.165) is 0 Å². The number of nitrogens with zero attached hydrogens (tertiary/aromatic N) is 7. The molecule has 3 heterocycles. The van der Waals surface area contributed by atoms with Gasteiger partial charge in [0.2, 0.25) is 5.28 Å². The Morgan fingerprint density at radius 2 is 2.43 bits per heavy atom. The highest BCUT2D eigenvalue weighted by atomic mass is 35.5. The van der Waals surface area contributed by atoms with Gasteiger partial charge in [0.1, 0.15) is 11.7 Å². The maximum absolute atomic E-state index is 9.28. The number of aliphatic hydroxyl groups is 1. The zero-order valence-electron chi connectivity index (χ0n) is 10.7. The topological polar surface area (TPSA) is 148 Å². The minimum Gasteiger partial charge on any atom is -0.394 e. The van der Waals surface area contributed by atoms with E-state index in [-0.39, 0.29) is 17.7 Å². The Bertz CT molecular complexity index is 727. The molecule has 0 aromatic carbocycles. The summed E-state index contributed by atoms with van der Waals surface area (Å²) in [7, 11) is 0. The summed E-state index contributed by atoms with van der Waals surface area (Å²) in [5, 5.41) is 12.9. The first-order chi connectivity index (χ1) is 10.1. The molecule has 1 unspecified atom stereocenters. The second-order valence-electron chi connectivity index (χ2n) is 4.52. The molecule has 0 saturated carbocycles. The molecule has 3 atom stereocenters. The molecule has 0 aliphatic carbocycles. The Kier molecular flexibility index (Phi) is 3.52. The number of ether oxygens (including phenoxy) is 1. The highest BCUT2D eigenvalue weighted by Gasteiger charge is 2.36. The van der Waals surface area contributed by atoms with Crippen LogP contribution in [0.1, 0.15) is 12.6 Å². The monoisotopic (exact) mass is 310 g/mol. The highest BCUT2D eigenvalue weighted by Crippen LogP contribution is 2.33. The Hall–Kier alpha value is -2.13. The van der Waals surface area contributed by atoms with Crippen LogP contribution in [0.25, 0.3) is 21.6 Å². The van der Waals surface area contributed by atoms with Gasteiger partial charge in [-0.3, -0.25) is 4.57 Å². The van der Waals surface area contributed by atoms with E-state index in [2.05, 4.69) is 25.0 Å². The van der Waals surface area contributed by atoms with E-state index < -0.39 is 18.4 Å². The third-order valence-corrected chi connectivity index (χ3v) is 3.48. The fraction of sp³-hybridized carbons (Fsp3) is 0.500. The van der Waals surface area contributed by atoms with Gasteiger partial charge in [0, 0.05) is 11.3 Å². The van der Waals surface area contributed by atoms with E-state index in [1.807, 2.05) is 0 Å². The number of azide groups is 1. The summed E-state index contributed by atoms with van der Waals surface area (Å²) in [6.07, 6.45) is 0.845. The van der Waals surface area contributed by atoms with Gasteiger partial charge >= 0.3 is 0 Å². The molecule has 1 saturated heterocycles. The van der Waals surface area contributed by atoms with Gasteiger partial charge in [-0.15, -0.1) is 0 Å². The standard InChI is InChI=1S/C10H11ClN8O2/c11-10-15-8(12)7-9(16-10)19(3-14-7)6-1-4(17-18-13)5(2-20)21-6/h3-6,20H,1-2H2,(H2,12,15,16)/t4?,5-,6-/m1/s1. The average Bonchev–Trinajstić information content (AvgIpc) is 3.02. The van der Waals surface area contributed by atoms with Gasteiger partial charge in [0.15, 0.2) is 11.5 Å². The number of nitrogen functional groups attached to an aromatic ring is 1. The molecule has 2 aromatic rings. The first-order valence-electron chi connectivity index (χ1n) is 6.10. The number of aromatic nitrogens is 4. The number of fused-ring (bicyclic) bond motifs is 1. The number of rotatable bonds is 3. The molecule has 1 aliphatic heterocycles. The van der Waals surface area contributed by atoms with Crippen molar-refractivity contribution in [2.45, 2.75) is 24.8 Å². The van der Waals surface area contributed by atoms with Crippen molar-refractivity contribution in [2.24, 2.45) is 5.11 Å². The summed E-state index contributed by atoms with van der Waals surface area (Å²) in [5.74, 6) is 0.173. The van der Waals surface area contributed by atoms with E-state index in [1.54, 1.807) is 4.57 Å². The van der Waals surface area contributed by atoms with Gasteiger partial charge in [0.25, 0.3) is 0 Å². The van der Waals surface area contributed by atoms with Gasteiger partial charge in [-0.1, -0.05) is 5.11 Å². The lowest BCUT2D eigenvalue weighted by atomic mass is 10.1. The predicted molar refractivity (Wildman–Crippen MR) is 73.3 cm³/mol. The molecule has 0 amide bonds. The number of hydrogen-bond donors (Lipinski definition) is 2. The summed E-state index contributed by atoms with van der Waals surface area (Å²) < 4.78 is 7.31. The van der Waals surface area contributed by atoms with E-state index in [9.17, 15) is 5.11 Å². The van der Waals surface area contributed by atoms with Crippen molar-refractivity contribution in [3.05, 3.63) is 22.1 Å². The zero-order valence-corrected chi connectivity index (χ0v) is 11.4. The van der Waals surface area contributed by atoms with Crippen LogP contribution in [0.4, 0.5) is 5.82 Å². The van der Waals surface area contributed by atoms with Crippen LogP contribution < -0.4 is 5.73 Å². The zero-order chi connectivity index (χ0) is 15.0. The second-order valence-corrected chi connectivity index (χ2v) is 4.86. The Labute approximate surface area is 123 Å². The molecule has 0 spiro atoms. The van der Waals surface area contributed by atoms with Gasteiger partial charge in [0.05, 0.1) is 25.1 Å². The molecule has 0 bridgehead atoms. The molecule has 2 aromatic heterocycles. The SMILES string of the molecule is [N-]=[N+]=NC1C[C@H](n2cnc3c(N)nc(Cl)nc32)O[C@@H]1CO. The first kappa shape index (κ1) is 13.8. The normalized spacial score (nSPS) is 25.1. The van der Waals surface area contributed by atoms with E-state index in [4.69, 9.17) is 27.6 Å². The van der Waals surface area contributed by atoms with E-state index >= 15 is 0 Å². The number of anilines is 1. The molecular weight excluding hydrogens is 300 g/mol. The molecule has 3 N–H and O–H groups in total. The number of aliphatic hydroxyl groups excluding tert-OH is 1. The van der Waals surface area contributed by atoms with E-state index in [1.165, 1.54) is 6.33 Å². The number of halogens is 1. The van der Waals surface area contributed by atoms with Crippen molar-refractivity contribution in [2.75, 3.05) is 12.3 Å². The van der Waals surface area contributed by atoms with Crippen molar-refractivity contribution in [3.63, 3.8) is 0 Å². The van der Waals surface area contributed by atoms with Crippen LogP contribution in [0, 0.1) is 0 Å². The number of hydrogen-bond acceptors (Lipinski definition) is 7. The largest absolute Gasteiger partial charge is 0.394 e. The Morgan fingerprint density at radius 1 is 1.62 bits per heavy atom. The summed E-state index contributed by atoms with van der Waals surface area (Å²) >= 11 is 5.80. The smallest absolute Gasteiger partial charge is 0.226 e. The molecule has 10 nitrogen and oxygen atoms in total. The quantitative estimate of drug-likeness (QED) is 0.374.